The summed E-state index contributed by atoms with van der Waals surface area (Å²) in [5.41, 5.74) is 2.19. The Bertz CT molecular complexity index is 1080. The summed E-state index contributed by atoms with van der Waals surface area (Å²) in [5.74, 6) is 0.563. The number of nitrogens with zero attached hydrogens (tertiary/aromatic N) is 1. The third-order valence-electron chi connectivity index (χ3n) is 3.54. The van der Waals surface area contributed by atoms with Crippen molar-refractivity contribution in [2.24, 2.45) is 0 Å². The highest BCUT2D eigenvalue weighted by molar-refractivity contribution is 6.33. The number of H-pyrrole nitrogens is 2. The van der Waals surface area contributed by atoms with Gasteiger partial charge in [0.05, 0.1) is 10.5 Å². The van der Waals surface area contributed by atoms with Crippen molar-refractivity contribution >= 4 is 45.1 Å². The lowest BCUT2D eigenvalue weighted by molar-refractivity contribution is 1.30. The van der Waals surface area contributed by atoms with Gasteiger partial charge in [0, 0.05) is 16.0 Å². The topological polar surface area (TPSA) is 61.5 Å². The van der Waals surface area contributed by atoms with Crippen molar-refractivity contribution in [3.63, 3.8) is 0 Å². The fourth-order valence-corrected chi connectivity index (χ4v) is 2.92. The molecule has 4 rings (SSSR count). The molecule has 0 atom stereocenters. The minimum atomic E-state index is -0.240. The molecule has 0 aliphatic rings. The number of hydrogen-bond acceptors (Lipinski definition) is 2. The molecule has 0 radical (unpaired) electrons. The predicted octanol–water partition coefficient (Wildman–Crippen LogP) is 4.38. The number of benzene rings is 2. The van der Waals surface area contributed by atoms with E-state index in [1.54, 1.807) is 18.2 Å². The first-order valence-corrected chi connectivity index (χ1v) is 7.35. The Hall–Kier alpha value is -2.30. The van der Waals surface area contributed by atoms with Crippen LogP contribution in [0.1, 0.15) is 0 Å². The van der Waals surface area contributed by atoms with Crippen LogP contribution in [0.3, 0.4) is 0 Å². The van der Waals surface area contributed by atoms with E-state index in [1.807, 2.05) is 24.3 Å². The van der Waals surface area contributed by atoms with Crippen LogP contribution in [-0.4, -0.2) is 15.0 Å². The predicted molar refractivity (Wildman–Crippen MR) is 89.7 cm³/mol. The van der Waals surface area contributed by atoms with Gasteiger partial charge < -0.3 is 9.97 Å². The van der Waals surface area contributed by atoms with Gasteiger partial charge in [0.1, 0.15) is 16.9 Å². The maximum Gasteiger partial charge on any atom is 0.274 e. The Kier molecular flexibility index (Phi) is 2.96. The zero-order chi connectivity index (χ0) is 15.3. The SMILES string of the molecule is O=c1[nH]c2cc(Cl)ccc2c2nc(-c3ccccc3Cl)[nH]c12. The molecule has 2 N–H and O–H groups in total. The molecule has 108 valence electrons. The van der Waals surface area contributed by atoms with Gasteiger partial charge in [-0.1, -0.05) is 35.3 Å². The Morgan fingerprint density at radius 2 is 1.82 bits per heavy atom. The Labute approximate surface area is 134 Å². The van der Waals surface area contributed by atoms with Gasteiger partial charge in [-0.15, -0.1) is 0 Å². The van der Waals surface area contributed by atoms with Crippen molar-refractivity contribution in [3.05, 3.63) is 62.9 Å². The lowest BCUT2D eigenvalue weighted by Crippen LogP contribution is -2.06. The number of hydrogen-bond donors (Lipinski definition) is 2. The smallest absolute Gasteiger partial charge is 0.274 e. The lowest BCUT2D eigenvalue weighted by atomic mass is 10.2. The van der Waals surface area contributed by atoms with Gasteiger partial charge in [-0.3, -0.25) is 4.79 Å². The van der Waals surface area contributed by atoms with Gasteiger partial charge in [0.25, 0.3) is 5.56 Å². The van der Waals surface area contributed by atoms with Gasteiger partial charge in [-0.2, -0.15) is 0 Å². The number of rotatable bonds is 1. The number of halogens is 2. The summed E-state index contributed by atoms with van der Waals surface area (Å²) in [4.78, 5) is 22.7. The van der Waals surface area contributed by atoms with E-state index in [0.29, 0.717) is 32.4 Å². The molecule has 2 heterocycles. The van der Waals surface area contributed by atoms with Crippen LogP contribution in [-0.2, 0) is 0 Å². The molecule has 0 saturated heterocycles. The third-order valence-corrected chi connectivity index (χ3v) is 4.11. The first kappa shape index (κ1) is 13.4. The minimum absolute atomic E-state index is 0.240. The normalized spacial score (nSPS) is 11.4. The van der Waals surface area contributed by atoms with E-state index in [0.717, 1.165) is 10.9 Å². The average Bonchev–Trinajstić information content (AvgIpc) is 2.93. The standard InChI is InChI=1S/C16H9Cl2N3O/c17-8-5-6-10-12(7-8)19-16(22)14-13(10)20-15(21-14)9-3-1-2-4-11(9)18/h1-7H,(H,19,22)(H,20,21). The van der Waals surface area contributed by atoms with Crippen LogP contribution in [0.5, 0.6) is 0 Å². The zero-order valence-corrected chi connectivity index (χ0v) is 12.7. The van der Waals surface area contributed by atoms with E-state index < -0.39 is 0 Å². The molecule has 2 aromatic heterocycles. The Morgan fingerprint density at radius 3 is 2.64 bits per heavy atom. The summed E-state index contributed by atoms with van der Waals surface area (Å²) in [7, 11) is 0. The summed E-state index contributed by atoms with van der Waals surface area (Å²) < 4.78 is 0. The summed E-state index contributed by atoms with van der Waals surface area (Å²) in [6, 6.07) is 12.7. The maximum atomic E-state index is 12.2. The van der Waals surface area contributed by atoms with Crippen molar-refractivity contribution in [1.29, 1.82) is 0 Å². The van der Waals surface area contributed by atoms with E-state index in [9.17, 15) is 4.79 Å². The Morgan fingerprint density at radius 1 is 1.00 bits per heavy atom. The van der Waals surface area contributed by atoms with Crippen molar-refractivity contribution in [3.8, 4) is 11.4 Å². The molecule has 0 saturated carbocycles. The minimum Gasteiger partial charge on any atom is -0.333 e. The number of imidazole rings is 1. The number of fused-ring (bicyclic) bond motifs is 3. The van der Waals surface area contributed by atoms with E-state index in [-0.39, 0.29) is 5.56 Å². The molecule has 6 heteroatoms. The molecule has 0 amide bonds. The fourth-order valence-electron chi connectivity index (χ4n) is 2.52. The van der Waals surface area contributed by atoms with Gasteiger partial charge >= 0.3 is 0 Å². The van der Waals surface area contributed by atoms with Gasteiger partial charge in [0.15, 0.2) is 0 Å². The van der Waals surface area contributed by atoms with E-state index >= 15 is 0 Å². The highest BCUT2D eigenvalue weighted by Gasteiger charge is 2.13. The molecule has 4 aromatic rings. The molecule has 0 aliphatic carbocycles. The lowest BCUT2D eigenvalue weighted by Gasteiger charge is -1.99. The highest BCUT2D eigenvalue weighted by Crippen LogP contribution is 2.29. The van der Waals surface area contributed by atoms with E-state index in [4.69, 9.17) is 23.2 Å². The zero-order valence-electron chi connectivity index (χ0n) is 11.2. The molecule has 4 nitrogen and oxygen atoms in total. The Balaban J connectivity index is 2.09. The number of aromatic nitrogens is 3. The molecule has 0 aliphatic heterocycles. The second-order valence-electron chi connectivity index (χ2n) is 4.93. The fraction of sp³-hybridized carbons (Fsp3) is 0. The van der Waals surface area contributed by atoms with E-state index in [1.165, 1.54) is 0 Å². The van der Waals surface area contributed by atoms with Crippen LogP contribution < -0.4 is 5.56 Å². The van der Waals surface area contributed by atoms with Gasteiger partial charge in [-0.25, -0.2) is 4.98 Å². The highest BCUT2D eigenvalue weighted by atomic mass is 35.5. The quantitative estimate of drug-likeness (QED) is 0.544. The monoisotopic (exact) mass is 329 g/mol. The van der Waals surface area contributed by atoms with Crippen molar-refractivity contribution in [2.45, 2.75) is 0 Å². The van der Waals surface area contributed by atoms with Gasteiger partial charge in [-0.05, 0) is 30.3 Å². The van der Waals surface area contributed by atoms with Crippen LogP contribution in [0.15, 0.2) is 47.3 Å². The van der Waals surface area contributed by atoms with Crippen LogP contribution >= 0.6 is 23.2 Å². The van der Waals surface area contributed by atoms with Crippen molar-refractivity contribution in [2.75, 3.05) is 0 Å². The van der Waals surface area contributed by atoms with Crippen molar-refractivity contribution < 1.29 is 0 Å². The molecule has 0 bridgehead atoms. The summed E-state index contributed by atoms with van der Waals surface area (Å²) in [5, 5.41) is 1.96. The van der Waals surface area contributed by atoms with E-state index in [2.05, 4.69) is 15.0 Å². The first-order valence-electron chi connectivity index (χ1n) is 6.59. The number of aromatic amines is 2. The van der Waals surface area contributed by atoms with Crippen LogP contribution in [0.4, 0.5) is 0 Å². The maximum absolute atomic E-state index is 12.2. The molecular formula is C16H9Cl2N3O. The summed E-state index contributed by atoms with van der Waals surface area (Å²) in [6.07, 6.45) is 0. The molecule has 0 spiro atoms. The van der Waals surface area contributed by atoms with Crippen molar-refractivity contribution in [1.82, 2.24) is 15.0 Å². The van der Waals surface area contributed by atoms with Gasteiger partial charge in [0.2, 0.25) is 0 Å². The third kappa shape index (κ3) is 2.00. The first-order chi connectivity index (χ1) is 10.6. The molecule has 22 heavy (non-hydrogen) atoms. The largest absolute Gasteiger partial charge is 0.333 e. The second-order valence-corrected chi connectivity index (χ2v) is 5.78. The molecule has 0 fully saturated rings. The van der Waals surface area contributed by atoms with Crippen LogP contribution in [0.2, 0.25) is 10.0 Å². The molecule has 0 unspecified atom stereocenters. The number of nitrogens with one attached hydrogen (secondary N) is 2. The molecule has 2 aromatic carbocycles. The van der Waals surface area contributed by atoms with Crippen LogP contribution in [0.25, 0.3) is 33.3 Å². The average molecular weight is 330 g/mol. The second kappa shape index (κ2) is 4.87. The molecular weight excluding hydrogens is 321 g/mol. The summed E-state index contributed by atoms with van der Waals surface area (Å²) >= 11 is 12.2. The summed E-state index contributed by atoms with van der Waals surface area (Å²) in [6.45, 7) is 0. The van der Waals surface area contributed by atoms with Crippen LogP contribution in [0, 0.1) is 0 Å². The number of pyridine rings is 1.